The molecular weight excluding hydrogens is 432 g/mol. The number of hydrogen-bond donors (Lipinski definition) is 2. The van der Waals surface area contributed by atoms with Crippen molar-refractivity contribution in [2.45, 2.75) is 19.2 Å². The molecule has 6 nitrogen and oxygen atoms in total. The van der Waals surface area contributed by atoms with E-state index in [1.165, 1.54) is 0 Å². The molecule has 2 N–H and O–H groups in total. The predicted octanol–water partition coefficient (Wildman–Crippen LogP) is 2.43. The van der Waals surface area contributed by atoms with E-state index in [-0.39, 0.29) is 18.2 Å². The lowest BCUT2D eigenvalue weighted by Crippen LogP contribution is -2.30. The lowest BCUT2D eigenvalue weighted by Gasteiger charge is -2.08. The molecule has 0 aliphatic carbocycles. The predicted molar refractivity (Wildman–Crippen MR) is 108 cm³/mol. The van der Waals surface area contributed by atoms with E-state index in [2.05, 4.69) is 26.6 Å². The van der Waals surface area contributed by atoms with Crippen molar-refractivity contribution in [2.75, 3.05) is 12.3 Å². The van der Waals surface area contributed by atoms with Crippen LogP contribution in [0.25, 0.3) is 0 Å². The number of halogens is 1. The Bertz CT molecular complexity index is 912. The van der Waals surface area contributed by atoms with Crippen LogP contribution in [0.5, 0.6) is 0 Å². The van der Waals surface area contributed by atoms with Crippen molar-refractivity contribution in [1.29, 1.82) is 0 Å². The van der Waals surface area contributed by atoms with Crippen molar-refractivity contribution in [2.24, 2.45) is 0 Å². The first-order valence-electron chi connectivity index (χ1n) is 8.38. The zero-order valence-electron chi connectivity index (χ0n) is 14.9. The number of hydrogen-bond acceptors (Lipinski definition) is 4. The van der Waals surface area contributed by atoms with E-state index in [9.17, 15) is 18.0 Å². The molecule has 2 aromatic rings. The quantitative estimate of drug-likeness (QED) is 0.642. The molecule has 0 atom stereocenters. The van der Waals surface area contributed by atoms with Gasteiger partial charge in [0.15, 0.2) is 9.84 Å². The molecule has 0 unspecified atom stereocenters. The third-order valence-corrected chi connectivity index (χ3v) is 5.67. The minimum absolute atomic E-state index is 0.153. The zero-order chi connectivity index (χ0) is 19.9. The Hall–Kier alpha value is -2.19. The third kappa shape index (κ3) is 7.15. The number of sulfone groups is 1. The Balaban J connectivity index is 1.91. The summed E-state index contributed by atoms with van der Waals surface area (Å²) < 4.78 is 25.3. The van der Waals surface area contributed by atoms with E-state index in [0.29, 0.717) is 17.7 Å². The summed E-state index contributed by atoms with van der Waals surface area (Å²) >= 11 is 3.29. The van der Waals surface area contributed by atoms with Crippen LogP contribution in [0.15, 0.2) is 53.0 Å². The van der Waals surface area contributed by atoms with Gasteiger partial charge in [-0.05, 0) is 42.3 Å². The number of benzene rings is 2. The lowest BCUT2D eigenvalue weighted by atomic mass is 10.1. The van der Waals surface area contributed by atoms with Gasteiger partial charge in [0.05, 0.1) is 5.75 Å². The molecule has 0 aromatic heterocycles. The summed E-state index contributed by atoms with van der Waals surface area (Å²) in [5.41, 5.74) is 1.84. The molecule has 0 aliphatic heterocycles. The van der Waals surface area contributed by atoms with Gasteiger partial charge in [0, 0.05) is 23.1 Å². The maximum atomic E-state index is 12.2. The number of nitrogens with one attached hydrogen (secondary N) is 2. The second kappa shape index (κ2) is 9.66. The molecule has 0 saturated carbocycles. The van der Waals surface area contributed by atoms with Crippen LogP contribution in [0.1, 0.15) is 28.4 Å². The van der Waals surface area contributed by atoms with Crippen LogP contribution in [0.3, 0.4) is 0 Å². The van der Waals surface area contributed by atoms with Crippen molar-refractivity contribution in [1.82, 2.24) is 10.6 Å². The minimum atomic E-state index is -3.57. The Morgan fingerprint density at radius 2 is 1.70 bits per heavy atom. The average molecular weight is 453 g/mol. The van der Waals surface area contributed by atoms with Crippen LogP contribution in [0, 0.1) is 0 Å². The molecule has 0 bridgehead atoms. The van der Waals surface area contributed by atoms with Gasteiger partial charge in [0.1, 0.15) is 5.75 Å². The standard InChI is InChI=1S/C19H21BrN2O4S/c1-2-21-19(24)16-5-3-4-15(10-16)11-22-18(23)13-27(25,26)12-14-6-8-17(20)9-7-14/h3-10H,2,11-13H2,1H3,(H,21,24)(H,22,23). The highest BCUT2D eigenvalue weighted by atomic mass is 79.9. The van der Waals surface area contributed by atoms with Crippen molar-refractivity contribution >= 4 is 37.6 Å². The topological polar surface area (TPSA) is 92.3 Å². The molecule has 0 spiro atoms. The summed E-state index contributed by atoms with van der Waals surface area (Å²) in [6.45, 7) is 2.51. The molecule has 0 heterocycles. The van der Waals surface area contributed by atoms with E-state index in [0.717, 1.165) is 10.0 Å². The third-order valence-electron chi connectivity index (χ3n) is 3.67. The highest BCUT2D eigenvalue weighted by molar-refractivity contribution is 9.10. The van der Waals surface area contributed by atoms with Gasteiger partial charge in [-0.1, -0.05) is 40.2 Å². The molecule has 2 aromatic carbocycles. The molecule has 0 fully saturated rings. The first-order chi connectivity index (χ1) is 12.8. The fourth-order valence-corrected chi connectivity index (χ4v) is 3.99. The molecule has 2 rings (SSSR count). The highest BCUT2D eigenvalue weighted by Gasteiger charge is 2.17. The highest BCUT2D eigenvalue weighted by Crippen LogP contribution is 2.13. The van der Waals surface area contributed by atoms with Crippen molar-refractivity contribution < 1.29 is 18.0 Å². The molecule has 0 aliphatic rings. The zero-order valence-corrected chi connectivity index (χ0v) is 17.3. The van der Waals surface area contributed by atoms with Crippen LogP contribution in [0.4, 0.5) is 0 Å². The normalized spacial score (nSPS) is 11.0. The van der Waals surface area contributed by atoms with Gasteiger partial charge in [-0.25, -0.2) is 8.42 Å². The van der Waals surface area contributed by atoms with Gasteiger partial charge in [0.25, 0.3) is 5.91 Å². The molecule has 2 amide bonds. The summed E-state index contributed by atoms with van der Waals surface area (Å²) in [4.78, 5) is 23.9. The maximum Gasteiger partial charge on any atom is 0.251 e. The molecule has 144 valence electrons. The molecule has 0 saturated heterocycles. The number of carbonyl (C=O) groups excluding carboxylic acids is 2. The van der Waals surface area contributed by atoms with Crippen LogP contribution in [-0.2, 0) is 26.9 Å². The van der Waals surface area contributed by atoms with Gasteiger partial charge in [-0.2, -0.15) is 0 Å². The molecule has 27 heavy (non-hydrogen) atoms. The monoisotopic (exact) mass is 452 g/mol. The average Bonchev–Trinajstić information content (AvgIpc) is 2.62. The van der Waals surface area contributed by atoms with Crippen molar-refractivity contribution in [3.05, 3.63) is 69.7 Å². The Morgan fingerprint density at radius 1 is 1.00 bits per heavy atom. The Labute approximate surface area is 167 Å². The fourth-order valence-electron chi connectivity index (χ4n) is 2.42. The summed E-state index contributed by atoms with van der Waals surface area (Å²) in [6.07, 6.45) is 0. The second-order valence-electron chi connectivity index (χ2n) is 6.00. The second-order valence-corrected chi connectivity index (χ2v) is 8.98. The summed E-state index contributed by atoms with van der Waals surface area (Å²) in [7, 11) is -3.57. The van der Waals surface area contributed by atoms with Crippen LogP contribution in [-0.4, -0.2) is 32.5 Å². The summed E-state index contributed by atoms with van der Waals surface area (Å²) in [6, 6.07) is 13.7. The minimum Gasteiger partial charge on any atom is -0.352 e. The van der Waals surface area contributed by atoms with E-state index in [4.69, 9.17) is 0 Å². The first-order valence-corrected chi connectivity index (χ1v) is 11.0. The van der Waals surface area contributed by atoms with E-state index >= 15 is 0 Å². The van der Waals surface area contributed by atoms with Gasteiger partial charge < -0.3 is 10.6 Å². The SMILES string of the molecule is CCNC(=O)c1cccc(CNC(=O)CS(=O)(=O)Cc2ccc(Br)cc2)c1. The smallest absolute Gasteiger partial charge is 0.251 e. The lowest BCUT2D eigenvalue weighted by molar-refractivity contribution is -0.118. The van der Waals surface area contributed by atoms with Crippen molar-refractivity contribution in [3.8, 4) is 0 Å². The number of rotatable bonds is 8. The van der Waals surface area contributed by atoms with Gasteiger partial charge in [-0.15, -0.1) is 0 Å². The van der Waals surface area contributed by atoms with Crippen LogP contribution >= 0.6 is 15.9 Å². The number of amides is 2. The van der Waals surface area contributed by atoms with Crippen molar-refractivity contribution in [3.63, 3.8) is 0 Å². The maximum absolute atomic E-state index is 12.2. The van der Waals surface area contributed by atoms with E-state index in [1.807, 2.05) is 6.92 Å². The molecular formula is C19H21BrN2O4S. The Morgan fingerprint density at radius 3 is 2.37 bits per heavy atom. The van der Waals surface area contributed by atoms with Crippen LogP contribution in [0.2, 0.25) is 0 Å². The van der Waals surface area contributed by atoms with Crippen LogP contribution < -0.4 is 10.6 Å². The number of carbonyl (C=O) groups is 2. The van der Waals surface area contributed by atoms with Gasteiger partial charge in [0.2, 0.25) is 5.91 Å². The van der Waals surface area contributed by atoms with Gasteiger partial charge >= 0.3 is 0 Å². The first kappa shape index (κ1) is 21.1. The molecule has 8 heteroatoms. The van der Waals surface area contributed by atoms with E-state index in [1.54, 1.807) is 48.5 Å². The fraction of sp³-hybridized carbons (Fsp3) is 0.263. The summed E-state index contributed by atoms with van der Waals surface area (Å²) in [5.74, 6) is -1.54. The summed E-state index contributed by atoms with van der Waals surface area (Å²) in [5, 5.41) is 5.29. The largest absolute Gasteiger partial charge is 0.352 e. The molecule has 0 radical (unpaired) electrons. The van der Waals surface area contributed by atoms with E-state index < -0.39 is 21.5 Å². The van der Waals surface area contributed by atoms with Gasteiger partial charge in [-0.3, -0.25) is 9.59 Å². The Kier molecular flexibility index (Phi) is 7.55.